The van der Waals surface area contributed by atoms with Gasteiger partial charge in [-0.2, -0.15) is 17.5 Å². The lowest BCUT2D eigenvalue weighted by Crippen LogP contribution is -2.43. The first-order valence-corrected chi connectivity index (χ1v) is 11.6. The Balaban J connectivity index is 1.59. The van der Waals surface area contributed by atoms with Crippen LogP contribution < -0.4 is 10.1 Å². The molecular weight excluding hydrogens is 445 g/mol. The van der Waals surface area contributed by atoms with Gasteiger partial charge in [-0.1, -0.05) is 12.1 Å². The summed E-state index contributed by atoms with van der Waals surface area (Å²) in [5.74, 6) is -0.156. The normalized spacial score (nSPS) is 17.0. The van der Waals surface area contributed by atoms with Crippen molar-refractivity contribution in [3.63, 3.8) is 0 Å². The Labute approximate surface area is 185 Å². The van der Waals surface area contributed by atoms with E-state index in [-0.39, 0.29) is 23.9 Å². The first kappa shape index (κ1) is 24.1. The number of nitrogens with one attached hydrogen (secondary N) is 1. The molecule has 1 aliphatic heterocycles. The Morgan fingerprint density at radius 2 is 1.75 bits per heavy atom. The van der Waals surface area contributed by atoms with E-state index >= 15 is 0 Å². The van der Waals surface area contributed by atoms with Gasteiger partial charge in [0.1, 0.15) is 5.75 Å². The molecule has 1 atom stereocenters. The van der Waals surface area contributed by atoms with Crippen LogP contribution in [0.15, 0.2) is 53.4 Å². The average molecular weight is 471 g/mol. The number of ether oxygens (including phenoxy) is 1. The highest BCUT2D eigenvalue weighted by Crippen LogP contribution is 2.31. The number of hydrogen-bond donors (Lipinski definition) is 1. The van der Waals surface area contributed by atoms with Crippen molar-refractivity contribution in [3.8, 4) is 5.75 Å². The predicted octanol–water partition coefficient (Wildman–Crippen LogP) is 3.99. The molecule has 0 radical (unpaired) electrons. The Morgan fingerprint density at radius 1 is 1.12 bits per heavy atom. The summed E-state index contributed by atoms with van der Waals surface area (Å²) >= 11 is 0. The maximum Gasteiger partial charge on any atom is 0.416 e. The lowest BCUT2D eigenvalue weighted by Gasteiger charge is -2.31. The van der Waals surface area contributed by atoms with Gasteiger partial charge < -0.3 is 10.1 Å². The van der Waals surface area contributed by atoms with Crippen molar-refractivity contribution in [1.82, 2.24) is 9.62 Å². The van der Waals surface area contributed by atoms with Crippen LogP contribution in [0.4, 0.5) is 13.2 Å². The molecule has 2 aromatic carbocycles. The van der Waals surface area contributed by atoms with Crippen LogP contribution in [0, 0.1) is 5.92 Å². The summed E-state index contributed by atoms with van der Waals surface area (Å²) in [6, 6.07) is 10.3. The molecule has 1 fully saturated rings. The summed E-state index contributed by atoms with van der Waals surface area (Å²) in [5.41, 5.74) is -0.416. The third kappa shape index (κ3) is 5.42. The molecular formula is C22H25F3N2O4S. The Bertz CT molecular complexity index is 1050. The van der Waals surface area contributed by atoms with Gasteiger partial charge >= 0.3 is 6.18 Å². The summed E-state index contributed by atoms with van der Waals surface area (Å²) in [7, 11) is -2.19. The van der Waals surface area contributed by atoms with Crippen LogP contribution in [-0.4, -0.2) is 38.8 Å². The number of methoxy groups -OCH3 is 1. The molecule has 1 unspecified atom stereocenters. The van der Waals surface area contributed by atoms with E-state index in [1.165, 1.54) is 35.7 Å². The highest BCUT2D eigenvalue weighted by atomic mass is 32.2. The number of sulfonamides is 1. The number of amides is 1. The minimum atomic E-state index is -4.46. The van der Waals surface area contributed by atoms with Gasteiger partial charge in [0.2, 0.25) is 15.9 Å². The van der Waals surface area contributed by atoms with Crippen LogP contribution >= 0.6 is 0 Å². The van der Waals surface area contributed by atoms with E-state index in [4.69, 9.17) is 4.74 Å². The quantitative estimate of drug-likeness (QED) is 0.693. The van der Waals surface area contributed by atoms with Crippen molar-refractivity contribution in [3.05, 3.63) is 59.7 Å². The first-order chi connectivity index (χ1) is 15.0. The van der Waals surface area contributed by atoms with Crippen molar-refractivity contribution in [1.29, 1.82) is 0 Å². The number of alkyl halides is 3. The van der Waals surface area contributed by atoms with Crippen molar-refractivity contribution < 1.29 is 31.1 Å². The van der Waals surface area contributed by atoms with Crippen LogP contribution in [0.3, 0.4) is 0 Å². The molecule has 174 valence electrons. The molecule has 0 bridgehead atoms. The van der Waals surface area contributed by atoms with Gasteiger partial charge in [0.05, 0.1) is 23.6 Å². The Hall–Kier alpha value is -2.59. The minimum Gasteiger partial charge on any atom is -0.497 e. The largest absolute Gasteiger partial charge is 0.497 e. The molecule has 1 aliphatic rings. The number of carbonyl (C=O) groups is 1. The third-order valence-corrected chi connectivity index (χ3v) is 7.51. The van der Waals surface area contributed by atoms with E-state index in [1.54, 1.807) is 19.1 Å². The van der Waals surface area contributed by atoms with Gasteiger partial charge in [0.25, 0.3) is 0 Å². The predicted molar refractivity (Wildman–Crippen MR) is 112 cm³/mol. The van der Waals surface area contributed by atoms with Crippen LogP contribution in [0.2, 0.25) is 0 Å². The molecule has 0 aliphatic carbocycles. The zero-order valence-electron chi connectivity index (χ0n) is 17.7. The minimum absolute atomic E-state index is 0.152. The molecule has 3 rings (SSSR count). The van der Waals surface area contributed by atoms with Gasteiger partial charge in [0, 0.05) is 19.0 Å². The number of benzene rings is 2. The van der Waals surface area contributed by atoms with Gasteiger partial charge in [-0.05, 0) is 61.7 Å². The molecule has 0 saturated carbocycles. The summed E-state index contributed by atoms with van der Waals surface area (Å²) in [6.07, 6.45) is -3.80. The van der Waals surface area contributed by atoms with E-state index in [9.17, 15) is 26.4 Å². The molecule has 1 saturated heterocycles. The number of hydrogen-bond acceptors (Lipinski definition) is 4. The second kappa shape index (κ2) is 9.50. The fourth-order valence-corrected chi connectivity index (χ4v) is 5.12. The number of carbonyl (C=O) groups excluding carboxylic acids is 1. The topological polar surface area (TPSA) is 75.7 Å². The van der Waals surface area contributed by atoms with E-state index in [2.05, 4.69) is 5.32 Å². The van der Waals surface area contributed by atoms with Crippen molar-refractivity contribution >= 4 is 15.9 Å². The third-order valence-electron chi connectivity index (χ3n) is 5.59. The smallest absolute Gasteiger partial charge is 0.416 e. The fraction of sp³-hybridized carbons (Fsp3) is 0.409. The molecule has 6 nitrogen and oxygen atoms in total. The molecule has 0 spiro atoms. The number of piperidine rings is 1. The molecule has 1 heterocycles. The van der Waals surface area contributed by atoms with E-state index in [0.29, 0.717) is 24.2 Å². The van der Waals surface area contributed by atoms with Crippen LogP contribution in [-0.2, 0) is 21.0 Å². The molecule has 2 aromatic rings. The highest BCUT2D eigenvalue weighted by molar-refractivity contribution is 7.89. The lowest BCUT2D eigenvalue weighted by molar-refractivity contribution is -0.137. The number of nitrogens with zero attached hydrogens (tertiary/aromatic N) is 1. The van der Waals surface area contributed by atoms with Crippen LogP contribution in [0.1, 0.15) is 36.9 Å². The zero-order valence-corrected chi connectivity index (χ0v) is 18.5. The molecule has 32 heavy (non-hydrogen) atoms. The summed E-state index contributed by atoms with van der Waals surface area (Å²) in [5, 5.41) is 2.75. The summed E-state index contributed by atoms with van der Waals surface area (Å²) in [6.45, 7) is 1.99. The standard InChI is InChI=1S/C22H25F3N2O4S/c1-15(17-4-3-5-18(14-17)22(23,24)25)26-21(28)16-10-12-27(13-11-16)32(29,30)20-8-6-19(31-2)7-9-20/h3-9,14-16H,10-13H2,1-2H3,(H,26,28). The molecule has 1 N–H and O–H groups in total. The van der Waals surface area contributed by atoms with Crippen molar-refractivity contribution in [2.24, 2.45) is 5.92 Å². The van der Waals surface area contributed by atoms with Crippen molar-refractivity contribution in [2.45, 2.75) is 36.9 Å². The average Bonchev–Trinajstić information content (AvgIpc) is 2.78. The van der Waals surface area contributed by atoms with Crippen molar-refractivity contribution in [2.75, 3.05) is 20.2 Å². The summed E-state index contributed by atoms with van der Waals surface area (Å²) in [4.78, 5) is 12.8. The fourth-order valence-electron chi connectivity index (χ4n) is 3.65. The monoisotopic (exact) mass is 470 g/mol. The Morgan fingerprint density at radius 3 is 2.31 bits per heavy atom. The molecule has 1 amide bonds. The van der Waals surface area contributed by atoms with E-state index < -0.39 is 33.7 Å². The lowest BCUT2D eigenvalue weighted by atomic mass is 9.96. The van der Waals surface area contributed by atoms with Gasteiger partial charge in [-0.3, -0.25) is 4.79 Å². The zero-order chi connectivity index (χ0) is 23.5. The maximum absolute atomic E-state index is 12.9. The SMILES string of the molecule is COc1ccc(S(=O)(=O)N2CCC(C(=O)NC(C)c3cccc(C(F)(F)F)c3)CC2)cc1. The second-order valence-electron chi connectivity index (χ2n) is 7.71. The number of rotatable bonds is 6. The summed E-state index contributed by atoms with van der Waals surface area (Å²) < 4.78 is 70.8. The van der Waals surface area contributed by atoms with E-state index in [1.807, 2.05) is 0 Å². The van der Waals surface area contributed by atoms with Crippen LogP contribution in [0.5, 0.6) is 5.75 Å². The second-order valence-corrected chi connectivity index (χ2v) is 9.65. The first-order valence-electron chi connectivity index (χ1n) is 10.1. The van der Waals surface area contributed by atoms with Gasteiger partial charge in [-0.25, -0.2) is 8.42 Å². The number of halogens is 3. The van der Waals surface area contributed by atoms with Gasteiger partial charge in [0.15, 0.2) is 0 Å². The highest BCUT2D eigenvalue weighted by Gasteiger charge is 2.33. The molecule has 10 heteroatoms. The van der Waals surface area contributed by atoms with Gasteiger partial charge in [-0.15, -0.1) is 0 Å². The van der Waals surface area contributed by atoms with Crippen LogP contribution in [0.25, 0.3) is 0 Å². The maximum atomic E-state index is 12.9. The molecule has 0 aromatic heterocycles. The Kier molecular flexibility index (Phi) is 7.14. The van der Waals surface area contributed by atoms with E-state index in [0.717, 1.165) is 12.1 Å².